The Morgan fingerprint density at radius 2 is 1.80 bits per heavy atom. The van der Waals surface area contributed by atoms with Crippen LogP contribution in [0.2, 0.25) is 0 Å². The summed E-state index contributed by atoms with van der Waals surface area (Å²) in [4.78, 5) is 38.4. The molecule has 9 nitrogen and oxygen atoms in total. The molecule has 3 aliphatic carbocycles. The molecule has 220 valence electrons. The summed E-state index contributed by atoms with van der Waals surface area (Å²) in [5, 5.41) is 5.73. The summed E-state index contributed by atoms with van der Waals surface area (Å²) >= 11 is 0. The van der Waals surface area contributed by atoms with Gasteiger partial charge in [-0.3, -0.25) is 9.59 Å². The first-order valence-electron chi connectivity index (χ1n) is 13.8. The van der Waals surface area contributed by atoms with Gasteiger partial charge in [-0.05, 0) is 43.9 Å². The summed E-state index contributed by atoms with van der Waals surface area (Å²) in [6.07, 6.45) is 2.26. The molecule has 2 heterocycles. The summed E-state index contributed by atoms with van der Waals surface area (Å²) in [6.45, 7) is 0.320. The molecule has 4 aliphatic rings. The molecule has 0 bridgehead atoms. The average molecular weight is 577 g/mol. The molecule has 1 spiro atoms. The van der Waals surface area contributed by atoms with Crippen LogP contribution in [0.5, 0.6) is 5.75 Å². The van der Waals surface area contributed by atoms with Crippen LogP contribution < -0.4 is 25.2 Å². The largest absolute Gasteiger partial charge is 0.495 e. The summed E-state index contributed by atoms with van der Waals surface area (Å²) in [5.41, 5.74) is 0.534. The number of fused-ring (bicyclic) bond motifs is 1. The van der Waals surface area contributed by atoms with Gasteiger partial charge in [0, 0.05) is 56.9 Å². The van der Waals surface area contributed by atoms with E-state index in [0.717, 1.165) is 0 Å². The van der Waals surface area contributed by atoms with Crippen LogP contribution in [0.4, 0.5) is 40.7 Å². The van der Waals surface area contributed by atoms with Gasteiger partial charge in [0.2, 0.25) is 23.7 Å². The molecule has 2 amide bonds. The number of alkyl halides is 4. The van der Waals surface area contributed by atoms with E-state index in [0.29, 0.717) is 48.7 Å². The standard InChI is InChI=1S/C28H32F4N6O3/c1-37-20-14-33-25(36-22(20)38(15-26(9-10-26)24(37)40)18-6-8-28(31,32)13-18)35-19-4-3-16(11-21(19)41-2)23(39)34-17-5-7-27(29,30)12-17/h3-4,11,14,17-18H,5-10,12-13,15H2,1-2H3,(H,34,39)(H,33,35,36)/t17-,18-/m1/s1. The van der Waals surface area contributed by atoms with Gasteiger partial charge in [0.05, 0.1) is 24.4 Å². The van der Waals surface area contributed by atoms with Gasteiger partial charge >= 0.3 is 0 Å². The number of aromatic nitrogens is 2. The molecular weight excluding hydrogens is 544 g/mol. The van der Waals surface area contributed by atoms with E-state index in [9.17, 15) is 27.2 Å². The number of nitrogens with zero attached hydrogens (tertiary/aromatic N) is 4. The number of anilines is 4. The number of carbonyl (C=O) groups excluding carboxylic acids is 2. The Kier molecular flexibility index (Phi) is 6.53. The molecule has 0 radical (unpaired) electrons. The first-order valence-corrected chi connectivity index (χ1v) is 13.8. The predicted molar refractivity (Wildman–Crippen MR) is 143 cm³/mol. The number of hydrogen-bond acceptors (Lipinski definition) is 7. The zero-order valence-electron chi connectivity index (χ0n) is 22.9. The lowest BCUT2D eigenvalue weighted by atomic mass is 10.0. The van der Waals surface area contributed by atoms with Crippen LogP contribution in [0.3, 0.4) is 0 Å². The lowest BCUT2D eigenvalue weighted by Gasteiger charge is -2.31. The van der Waals surface area contributed by atoms with Gasteiger partial charge in [-0.15, -0.1) is 0 Å². The van der Waals surface area contributed by atoms with Crippen LogP contribution in [0, 0.1) is 5.41 Å². The van der Waals surface area contributed by atoms with Crippen molar-refractivity contribution in [2.24, 2.45) is 5.41 Å². The first kappa shape index (κ1) is 27.5. The Labute approximate surface area is 234 Å². The number of methoxy groups -OCH3 is 1. The van der Waals surface area contributed by atoms with Crippen LogP contribution in [0.1, 0.15) is 61.7 Å². The van der Waals surface area contributed by atoms with Gasteiger partial charge in [-0.1, -0.05) is 0 Å². The molecule has 3 saturated carbocycles. The van der Waals surface area contributed by atoms with Crippen LogP contribution in [0.25, 0.3) is 0 Å². The molecule has 6 rings (SSSR count). The van der Waals surface area contributed by atoms with Crippen molar-refractivity contribution in [2.45, 2.75) is 75.3 Å². The third-order valence-electron chi connectivity index (χ3n) is 8.74. The van der Waals surface area contributed by atoms with Gasteiger partial charge in [-0.25, -0.2) is 22.5 Å². The first-order chi connectivity index (χ1) is 19.4. The lowest BCUT2D eigenvalue weighted by molar-refractivity contribution is -0.122. The van der Waals surface area contributed by atoms with Crippen molar-refractivity contribution < 1.29 is 31.9 Å². The van der Waals surface area contributed by atoms with E-state index < -0.39 is 35.3 Å². The Hall–Kier alpha value is -3.64. The van der Waals surface area contributed by atoms with Crippen molar-refractivity contribution in [3.05, 3.63) is 30.0 Å². The van der Waals surface area contributed by atoms with Gasteiger partial charge < -0.3 is 25.2 Å². The second-order valence-electron chi connectivity index (χ2n) is 11.7. The molecule has 1 aromatic carbocycles. The predicted octanol–water partition coefficient (Wildman–Crippen LogP) is 4.90. The number of halogens is 4. The molecule has 3 fully saturated rings. The highest BCUT2D eigenvalue weighted by Crippen LogP contribution is 2.53. The molecule has 0 saturated heterocycles. The zero-order chi connectivity index (χ0) is 29.2. The minimum Gasteiger partial charge on any atom is -0.495 e. The zero-order valence-corrected chi connectivity index (χ0v) is 22.9. The van der Waals surface area contributed by atoms with Crippen molar-refractivity contribution in [2.75, 3.05) is 35.8 Å². The van der Waals surface area contributed by atoms with Crippen LogP contribution in [0.15, 0.2) is 24.4 Å². The van der Waals surface area contributed by atoms with E-state index in [1.807, 2.05) is 4.90 Å². The van der Waals surface area contributed by atoms with Crippen molar-refractivity contribution in [3.8, 4) is 5.75 Å². The maximum atomic E-state index is 14.3. The number of nitrogens with one attached hydrogen (secondary N) is 2. The maximum absolute atomic E-state index is 14.3. The Balaban J connectivity index is 1.26. The van der Waals surface area contributed by atoms with Gasteiger partial charge in [-0.2, -0.15) is 4.98 Å². The molecular formula is C28H32F4N6O3. The van der Waals surface area contributed by atoms with E-state index in [-0.39, 0.29) is 49.5 Å². The van der Waals surface area contributed by atoms with E-state index >= 15 is 0 Å². The fourth-order valence-corrected chi connectivity index (χ4v) is 6.22. The minimum absolute atomic E-state index is 0.0628. The molecule has 13 heteroatoms. The van der Waals surface area contributed by atoms with Crippen LogP contribution in [-0.4, -0.2) is 66.4 Å². The normalized spacial score (nSPS) is 25.6. The molecule has 1 aliphatic heterocycles. The van der Waals surface area contributed by atoms with Crippen molar-refractivity contribution >= 4 is 35.0 Å². The fourth-order valence-electron chi connectivity index (χ4n) is 6.22. The molecule has 41 heavy (non-hydrogen) atoms. The highest BCUT2D eigenvalue weighted by Gasteiger charge is 2.56. The van der Waals surface area contributed by atoms with E-state index in [1.165, 1.54) is 30.3 Å². The second-order valence-corrected chi connectivity index (χ2v) is 11.7. The number of ether oxygens (including phenoxy) is 1. The highest BCUT2D eigenvalue weighted by atomic mass is 19.3. The van der Waals surface area contributed by atoms with E-state index in [1.54, 1.807) is 13.1 Å². The summed E-state index contributed by atoms with van der Waals surface area (Å²) in [7, 11) is 3.08. The van der Waals surface area contributed by atoms with Gasteiger partial charge in [0.15, 0.2) is 5.82 Å². The van der Waals surface area contributed by atoms with Gasteiger partial charge in [0.25, 0.3) is 5.91 Å². The summed E-state index contributed by atoms with van der Waals surface area (Å²) in [5.74, 6) is -5.21. The third kappa shape index (κ3) is 5.26. The fraction of sp³-hybridized carbons (Fsp3) is 0.571. The number of carbonyl (C=O) groups is 2. The van der Waals surface area contributed by atoms with Crippen LogP contribution in [-0.2, 0) is 4.79 Å². The topological polar surface area (TPSA) is 99.7 Å². The maximum Gasteiger partial charge on any atom is 0.251 e. The second kappa shape index (κ2) is 9.73. The average Bonchev–Trinajstić information content (AvgIpc) is 3.53. The number of rotatable bonds is 6. The van der Waals surface area contributed by atoms with Crippen LogP contribution >= 0.6 is 0 Å². The molecule has 2 aromatic rings. The lowest BCUT2D eigenvalue weighted by Crippen LogP contribution is -2.41. The Bertz CT molecular complexity index is 1380. The molecule has 1 aromatic heterocycles. The number of amides is 2. The van der Waals surface area contributed by atoms with Gasteiger partial charge in [0.1, 0.15) is 11.4 Å². The minimum atomic E-state index is -2.77. The molecule has 2 atom stereocenters. The molecule has 2 N–H and O–H groups in total. The number of hydrogen-bond donors (Lipinski definition) is 2. The third-order valence-corrected chi connectivity index (χ3v) is 8.74. The Morgan fingerprint density at radius 1 is 1.07 bits per heavy atom. The Morgan fingerprint density at radius 3 is 2.44 bits per heavy atom. The highest BCUT2D eigenvalue weighted by molar-refractivity contribution is 6.03. The van der Waals surface area contributed by atoms with E-state index in [4.69, 9.17) is 9.72 Å². The molecule has 0 unspecified atom stereocenters. The monoisotopic (exact) mass is 576 g/mol. The summed E-state index contributed by atoms with van der Waals surface area (Å²) in [6, 6.07) is 3.56. The van der Waals surface area contributed by atoms with Crippen molar-refractivity contribution in [1.82, 2.24) is 15.3 Å². The quantitative estimate of drug-likeness (QED) is 0.472. The van der Waals surface area contributed by atoms with Crippen molar-refractivity contribution in [1.29, 1.82) is 0 Å². The van der Waals surface area contributed by atoms with Crippen molar-refractivity contribution in [3.63, 3.8) is 0 Å². The summed E-state index contributed by atoms with van der Waals surface area (Å²) < 4.78 is 61.0. The van der Waals surface area contributed by atoms with E-state index in [2.05, 4.69) is 15.6 Å². The SMILES string of the molecule is COc1cc(C(=O)N[C@@H]2CCC(F)(F)C2)ccc1Nc1ncc2c(n1)N([C@@H]1CCC(F)(F)C1)CC1(CC1)C(=O)N2C. The number of benzene rings is 1. The smallest absolute Gasteiger partial charge is 0.251 e.